The molecule has 0 amide bonds. The van der Waals surface area contributed by atoms with E-state index in [1.807, 2.05) is 6.07 Å². The quantitative estimate of drug-likeness (QED) is 0.712. The van der Waals surface area contributed by atoms with Crippen molar-refractivity contribution in [2.75, 3.05) is 6.61 Å². The molecule has 0 aromatic heterocycles. The van der Waals surface area contributed by atoms with Crippen LogP contribution in [0.25, 0.3) is 0 Å². The Balaban J connectivity index is 2.37. The highest BCUT2D eigenvalue weighted by Crippen LogP contribution is 2.27. The van der Waals surface area contributed by atoms with Crippen LogP contribution in [0, 0.1) is 0 Å². The summed E-state index contributed by atoms with van der Waals surface area (Å²) < 4.78 is 5.23. The van der Waals surface area contributed by atoms with E-state index in [4.69, 9.17) is 9.84 Å². The van der Waals surface area contributed by atoms with Crippen LogP contribution in [-0.4, -0.2) is 16.8 Å². The number of ether oxygens (including phenoxy) is 1. The number of aromatic hydroxyl groups is 1. The second kappa shape index (κ2) is 3.36. The summed E-state index contributed by atoms with van der Waals surface area (Å²) in [5.41, 5.74) is 2.98. The van der Waals surface area contributed by atoms with E-state index < -0.39 is 0 Å². The zero-order valence-corrected chi connectivity index (χ0v) is 7.29. The Morgan fingerprint density at radius 3 is 2.62 bits per heavy atom. The van der Waals surface area contributed by atoms with Crippen LogP contribution >= 0.6 is 0 Å². The van der Waals surface area contributed by atoms with Crippen LogP contribution in [0.1, 0.15) is 16.7 Å². The first-order valence-corrected chi connectivity index (χ1v) is 4.33. The second-order valence-corrected chi connectivity index (χ2v) is 3.22. The molecule has 0 saturated heterocycles. The molecule has 13 heavy (non-hydrogen) atoms. The van der Waals surface area contributed by atoms with Crippen LogP contribution in [0.5, 0.6) is 5.75 Å². The molecule has 0 radical (unpaired) electrons. The highest BCUT2D eigenvalue weighted by atomic mass is 16.5. The Morgan fingerprint density at radius 1 is 1.23 bits per heavy atom. The van der Waals surface area contributed by atoms with Crippen molar-refractivity contribution >= 4 is 0 Å². The van der Waals surface area contributed by atoms with Gasteiger partial charge in [-0.05, 0) is 35.2 Å². The maximum Gasteiger partial charge on any atom is 0.119 e. The lowest BCUT2D eigenvalue weighted by Crippen LogP contribution is -1.93. The van der Waals surface area contributed by atoms with E-state index >= 15 is 0 Å². The van der Waals surface area contributed by atoms with Gasteiger partial charge >= 0.3 is 0 Å². The van der Waals surface area contributed by atoms with Gasteiger partial charge in [0.05, 0.1) is 13.2 Å². The number of hydrogen-bond donors (Lipinski definition) is 2. The molecule has 0 unspecified atom stereocenters. The van der Waals surface area contributed by atoms with E-state index in [1.54, 1.807) is 6.07 Å². The average molecular weight is 180 g/mol. The minimum Gasteiger partial charge on any atom is -0.508 e. The highest BCUT2D eigenvalue weighted by molar-refractivity contribution is 5.42. The van der Waals surface area contributed by atoms with Crippen molar-refractivity contribution in [3.05, 3.63) is 28.8 Å². The average Bonchev–Trinajstić information content (AvgIpc) is 2.52. The number of aliphatic hydroxyl groups is 1. The Morgan fingerprint density at radius 2 is 1.92 bits per heavy atom. The Kier molecular flexibility index (Phi) is 2.20. The van der Waals surface area contributed by atoms with Crippen molar-refractivity contribution in [3.63, 3.8) is 0 Å². The van der Waals surface area contributed by atoms with E-state index in [0.717, 1.165) is 16.7 Å². The monoisotopic (exact) mass is 180 g/mol. The normalized spacial score (nSPS) is 14.5. The molecule has 0 spiro atoms. The summed E-state index contributed by atoms with van der Waals surface area (Å²) in [6.07, 6.45) is 0.499. The first-order chi connectivity index (χ1) is 6.31. The van der Waals surface area contributed by atoms with Crippen molar-refractivity contribution in [2.24, 2.45) is 0 Å². The van der Waals surface area contributed by atoms with Crippen molar-refractivity contribution in [1.82, 2.24) is 0 Å². The summed E-state index contributed by atoms with van der Waals surface area (Å²) in [6, 6.07) is 3.64. The molecule has 70 valence electrons. The Labute approximate surface area is 76.6 Å². The molecular weight excluding hydrogens is 168 g/mol. The molecule has 2 N–H and O–H groups in total. The summed E-state index contributed by atoms with van der Waals surface area (Å²) >= 11 is 0. The molecule has 1 aromatic carbocycles. The van der Waals surface area contributed by atoms with Crippen LogP contribution in [0.3, 0.4) is 0 Å². The Bertz CT molecular complexity index is 320. The molecular formula is C10H12O3. The second-order valence-electron chi connectivity index (χ2n) is 3.22. The van der Waals surface area contributed by atoms with E-state index in [-0.39, 0.29) is 12.4 Å². The smallest absolute Gasteiger partial charge is 0.119 e. The zero-order valence-electron chi connectivity index (χ0n) is 7.29. The molecule has 1 aromatic rings. The molecule has 0 aliphatic carbocycles. The molecule has 1 aliphatic heterocycles. The number of fused-ring (bicyclic) bond motifs is 1. The van der Waals surface area contributed by atoms with E-state index in [9.17, 15) is 5.11 Å². The summed E-state index contributed by atoms with van der Waals surface area (Å²) in [4.78, 5) is 0. The van der Waals surface area contributed by atoms with E-state index in [2.05, 4.69) is 0 Å². The third kappa shape index (κ3) is 1.53. The van der Waals surface area contributed by atoms with Crippen molar-refractivity contribution < 1.29 is 14.9 Å². The summed E-state index contributed by atoms with van der Waals surface area (Å²) in [7, 11) is 0. The SMILES string of the molecule is OCCc1cc2c(cc1O)COC2. The lowest BCUT2D eigenvalue weighted by atomic mass is 10.0. The van der Waals surface area contributed by atoms with E-state index in [1.165, 1.54) is 0 Å². The summed E-state index contributed by atoms with van der Waals surface area (Å²) in [5.74, 6) is 0.262. The van der Waals surface area contributed by atoms with Gasteiger partial charge < -0.3 is 14.9 Å². The maximum absolute atomic E-state index is 9.54. The first kappa shape index (κ1) is 8.53. The Hall–Kier alpha value is -1.06. The molecule has 0 fully saturated rings. The lowest BCUT2D eigenvalue weighted by Gasteiger charge is -2.05. The van der Waals surface area contributed by atoms with Gasteiger partial charge in [-0.1, -0.05) is 0 Å². The standard InChI is InChI=1S/C10H12O3/c11-2-1-7-3-8-5-13-6-9(8)4-10(7)12/h3-4,11-12H,1-2,5-6H2. The van der Waals surface area contributed by atoms with Gasteiger partial charge in [0, 0.05) is 6.61 Å². The van der Waals surface area contributed by atoms with Crippen LogP contribution in [0.4, 0.5) is 0 Å². The molecule has 3 heteroatoms. The van der Waals surface area contributed by atoms with Gasteiger partial charge in [0.2, 0.25) is 0 Å². The largest absolute Gasteiger partial charge is 0.508 e. The number of rotatable bonds is 2. The lowest BCUT2D eigenvalue weighted by molar-refractivity contribution is 0.134. The fraction of sp³-hybridized carbons (Fsp3) is 0.400. The minimum absolute atomic E-state index is 0.0627. The van der Waals surface area contributed by atoms with Gasteiger partial charge in [0.1, 0.15) is 5.75 Å². The minimum atomic E-state index is 0.0627. The topological polar surface area (TPSA) is 49.7 Å². The number of hydrogen-bond acceptors (Lipinski definition) is 3. The van der Waals surface area contributed by atoms with Crippen LogP contribution < -0.4 is 0 Å². The molecule has 2 rings (SSSR count). The first-order valence-electron chi connectivity index (χ1n) is 4.33. The van der Waals surface area contributed by atoms with Gasteiger partial charge in [-0.15, -0.1) is 0 Å². The number of benzene rings is 1. The molecule has 0 bridgehead atoms. The predicted octanol–water partition coefficient (Wildman–Crippen LogP) is 0.957. The van der Waals surface area contributed by atoms with Crippen molar-refractivity contribution in [1.29, 1.82) is 0 Å². The van der Waals surface area contributed by atoms with Gasteiger partial charge in [-0.2, -0.15) is 0 Å². The third-order valence-electron chi connectivity index (χ3n) is 2.30. The van der Waals surface area contributed by atoms with Gasteiger partial charge in [-0.3, -0.25) is 0 Å². The van der Waals surface area contributed by atoms with Gasteiger partial charge in [0.25, 0.3) is 0 Å². The highest BCUT2D eigenvalue weighted by Gasteiger charge is 2.14. The zero-order chi connectivity index (χ0) is 9.26. The van der Waals surface area contributed by atoms with Crippen LogP contribution in [0.2, 0.25) is 0 Å². The molecule has 1 heterocycles. The number of phenols is 1. The maximum atomic E-state index is 9.54. The van der Waals surface area contributed by atoms with E-state index in [0.29, 0.717) is 19.6 Å². The van der Waals surface area contributed by atoms with Crippen molar-refractivity contribution in [3.8, 4) is 5.75 Å². The number of phenolic OH excluding ortho intramolecular Hbond substituents is 1. The molecule has 3 nitrogen and oxygen atoms in total. The molecule has 1 aliphatic rings. The van der Waals surface area contributed by atoms with Gasteiger partial charge in [-0.25, -0.2) is 0 Å². The van der Waals surface area contributed by atoms with Crippen LogP contribution in [-0.2, 0) is 24.4 Å². The molecule has 0 saturated carbocycles. The van der Waals surface area contributed by atoms with Crippen LogP contribution in [0.15, 0.2) is 12.1 Å². The number of aliphatic hydroxyl groups excluding tert-OH is 1. The summed E-state index contributed by atoms with van der Waals surface area (Å²) in [6.45, 7) is 1.27. The van der Waals surface area contributed by atoms with Gasteiger partial charge in [0.15, 0.2) is 0 Å². The van der Waals surface area contributed by atoms with Crippen molar-refractivity contribution in [2.45, 2.75) is 19.6 Å². The fourth-order valence-corrected chi connectivity index (χ4v) is 1.59. The summed E-state index contributed by atoms with van der Waals surface area (Å²) in [5, 5.41) is 18.3. The predicted molar refractivity (Wildman–Crippen MR) is 47.4 cm³/mol. The molecule has 0 atom stereocenters. The fourth-order valence-electron chi connectivity index (χ4n) is 1.59. The third-order valence-corrected chi connectivity index (χ3v) is 2.30.